The van der Waals surface area contributed by atoms with Gasteiger partial charge in [-0.25, -0.2) is 0 Å². The molecule has 0 aliphatic heterocycles. The maximum Gasteiger partial charge on any atom is 1.00 e. The molecule has 0 aromatic heterocycles. The Morgan fingerprint density at radius 2 is 1.12 bits per heavy atom. The molecule has 0 aromatic rings. The van der Waals surface area contributed by atoms with E-state index in [0.29, 0.717) is 24.3 Å². The van der Waals surface area contributed by atoms with Crippen LogP contribution in [0.4, 0.5) is 0 Å². The van der Waals surface area contributed by atoms with E-state index in [1.807, 2.05) is 0 Å². The van der Waals surface area contributed by atoms with Crippen LogP contribution in [-0.2, 0) is 20.2 Å². The summed E-state index contributed by atoms with van der Waals surface area (Å²) in [6, 6.07) is 0. The molecule has 0 radical (unpaired) electrons. The van der Waals surface area contributed by atoms with Gasteiger partial charge in [0.1, 0.15) is 0 Å². The van der Waals surface area contributed by atoms with Crippen LogP contribution in [0.15, 0.2) is 0 Å². The fourth-order valence-electron chi connectivity index (χ4n) is 0.718. The van der Waals surface area contributed by atoms with Crippen LogP contribution in [0.25, 0.3) is 0 Å². The Hall–Kier alpha value is 2.16. The van der Waals surface area contributed by atoms with Crippen molar-refractivity contribution in [2.75, 3.05) is 23.0 Å². The Morgan fingerprint density at radius 3 is 1.35 bits per heavy atom. The van der Waals surface area contributed by atoms with Crippen molar-refractivity contribution in [2.45, 2.75) is 12.8 Å². The Labute approximate surface area is 154 Å². The topological polar surface area (TPSA) is 109 Å². The molecule has 0 unspecified atom stereocenters. The van der Waals surface area contributed by atoms with Crippen molar-refractivity contribution < 1.29 is 78.8 Å². The molecule has 6 nitrogen and oxygen atoms in total. The normalized spacial score (nSPS) is 12.1. The quantitative estimate of drug-likeness (QED) is 0.214. The summed E-state index contributed by atoms with van der Waals surface area (Å²) in [4.78, 5) is 0. The summed E-state index contributed by atoms with van der Waals surface area (Å²) in [7, 11) is -4.93. The standard InChI is InChI=1S/C6H14O6S4.K.H/c7-15(8,9)5-1-3-13-14-4-2-6-16(10,11)12;;/h1-6H2,(H,7,8,9)(H,10,11,12);;/q;+1;-1. The van der Waals surface area contributed by atoms with Crippen molar-refractivity contribution in [3.63, 3.8) is 0 Å². The first-order valence-corrected chi connectivity index (χ1v) is 10.1. The van der Waals surface area contributed by atoms with Crippen molar-refractivity contribution in [1.82, 2.24) is 0 Å². The van der Waals surface area contributed by atoms with Crippen molar-refractivity contribution in [1.29, 1.82) is 0 Å². The van der Waals surface area contributed by atoms with Crippen molar-refractivity contribution in [3.05, 3.63) is 0 Å². The van der Waals surface area contributed by atoms with Crippen LogP contribution in [0, 0.1) is 0 Å². The molecule has 2 N–H and O–H groups in total. The SMILES string of the molecule is O=S(=O)(O)CCCSSCCCS(=O)(=O)O.[H-].[K+]. The van der Waals surface area contributed by atoms with Gasteiger partial charge in [-0.2, -0.15) is 16.8 Å². The molecule has 11 heteroatoms. The first kappa shape index (κ1) is 21.5. The maximum atomic E-state index is 10.3. The third kappa shape index (κ3) is 20.6. The zero-order valence-electron chi connectivity index (χ0n) is 10.4. The molecule has 0 amide bonds. The van der Waals surface area contributed by atoms with E-state index in [9.17, 15) is 16.8 Å². The molecule has 0 atom stereocenters. The first-order chi connectivity index (χ1) is 7.21. The molecular formula is C6H15KO6S4. The van der Waals surface area contributed by atoms with E-state index in [-0.39, 0.29) is 64.3 Å². The summed E-state index contributed by atoms with van der Waals surface area (Å²) in [5.41, 5.74) is 0. The van der Waals surface area contributed by atoms with E-state index in [0.717, 1.165) is 0 Å². The zero-order valence-corrected chi connectivity index (χ0v) is 15.8. The van der Waals surface area contributed by atoms with Crippen LogP contribution in [0.5, 0.6) is 0 Å². The zero-order chi connectivity index (χ0) is 12.7. The van der Waals surface area contributed by atoms with Gasteiger partial charge in [-0.1, -0.05) is 21.6 Å². The van der Waals surface area contributed by atoms with E-state index in [1.165, 1.54) is 21.6 Å². The molecule has 0 bridgehead atoms. The van der Waals surface area contributed by atoms with Crippen LogP contribution in [0.1, 0.15) is 14.3 Å². The minimum atomic E-state index is -3.88. The largest absolute Gasteiger partial charge is 1.00 e. The average Bonchev–Trinajstić information content (AvgIpc) is 2.06. The Kier molecular flexibility index (Phi) is 13.7. The molecule has 0 spiro atoms. The van der Waals surface area contributed by atoms with Crippen molar-refractivity contribution in [3.8, 4) is 0 Å². The number of rotatable bonds is 9. The molecule has 17 heavy (non-hydrogen) atoms. The van der Waals surface area contributed by atoms with Gasteiger partial charge in [0, 0.05) is 11.5 Å². The van der Waals surface area contributed by atoms with Gasteiger partial charge in [-0.15, -0.1) is 0 Å². The second kappa shape index (κ2) is 10.9. The predicted octanol–water partition coefficient (Wildman–Crippen LogP) is -1.96. The summed E-state index contributed by atoms with van der Waals surface area (Å²) in [6.45, 7) is 0. The molecule has 0 rings (SSSR count). The third-order valence-electron chi connectivity index (χ3n) is 1.34. The van der Waals surface area contributed by atoms with Crippen molar-refractivity contribution in [2.24, 2.45) is 0 Å². The summed E-state index contributed by atoms with van der Waals surface area (Å²) >= 11 is 0. The van der Waals surface area contributed by atoms with Crippen molar-refractivity contribution >= 4 is 41.8 Å². The van der Waals surface area contributed by atoms with Gasteiger partial charge in [-0.3, -0.25) is 9.11 Å². The van der Waals surface area contributed by atoms with Gasteiger partial charge in [0.15, 0.2) is 0 Å². The molecule has 0 saturated carbocycles. The predicted molar refractivity (Wildman–Crippen MR) is 68.1 cm³/mol. The molecule has 100 valence electrons. The molecule has 0 aliphatic carbocycles. The first-order valence-electron chi connectivity index (χ1n) is 4.35. The van der Waals surface area contributed by atoms with Crippen LogP contribution in [0.2, 0.25) is 0 Å². The molecular weight excluding hydrogens is 335 g/mol. The van der Waals surface area contributed by atoms with Crippen LogP contribution < -0.4 is 51.4 Å². The van der Waals surface area contributed by atoms with Gasteiger partial charge in [0.05, 0.1) is 11.5 Å². The van der Waals surface area contributed by atoms with Crippen LogP contribution in [-0.4, -0.2) is 49.0 Å². The summed E-state index contributed by atoms with van der Waals surface area (Å²) in [5, 5.41) is 0. The van der Waals surface area contributed by atoms with Gasteiger partial charge in [0.2, 0.25) is 0 Å². The fourth-order valence-corrected chi connectivity index (χ4v) is 4.28. The second-order valence-electron chi connectivity index (χ2n) is 2.92. The summed E-state index contributed by atoms with van der Waals surface area (Å²) < 4.78 is 58.1. The smallest absolute Gasteiger partial charge is 1.00 e. The van der Waals surface area contributed by atoms with Gasteiger partial charge >= 0.3 is 51.4 Å². The fraction of sp³-hybridized carbons (Fsp3) is 1.00. The monoisotopic (exact) mass is 350 g/mol. The van der Waals surface area contributed by atoms with Gasteiger partial charge in [-0.05, 0) is 12.8 Å². The summed E-state index contributed by atoms with van der Waals surface area (Å²) in [6.07, 6.45) is 0.712. The maximum absolute atomic E-state index is 10.3. The van der Waals surface area contributed by atoms with Gasteiger partial charge in [0.25, 0.3) is 20.2 Å². The van der Waals surface area contributed by atoms with Gasteiger partial charge < -0.3 is 1.43 Å². The van der Waals surface area contributed by atoms with E-state index in [4.69, 9.17) is 9.11 Å². The average molecular weight is 351 g/mol. The minimum Gasteiger partial charge on any atom is -1.00 e. The summed E-state index contributed by atoms with van der Waals surface area (Å²) in [5.74, 6) is 0.615. The second-order valence-corrected chi connectivity index (χ2v) is 8.77. The Balaban J connectivity index is -0.00000112. The molecule has 0 heterocycles. The molecule has 0 saturated heterocycles. The van der Waals surface area contributed by atoms with Crippen LogP contribution >= 0.6 is 21.6 Å². The minimum absolute atomic E-state index is 0. The van der Waals surface area contributed by atoms with E-state index in [1.54, 1.807) is 0 Å². The van der Waals surface area contributed by atoms with E-state index in [2.05, 4.69) is 0 Å². The van der Waals surface area contributed by atoms with E-state index < -0.39 is 20.2 Å². The molecule has 0 aromatic carbocycles. The third-order valence-corrected chi connectivity index (χ3v) is 5.53. The Morgan fingerprint density at radius 1 is 0.824 bits per heavy atom. The number of hydrogen-bond acceptors (Lipinski definition) is 6. The van der Waals surface area contributed by atoms with Crippen LogP contribution in [0.3, 0.4) is 0 Å². The number of hydrogen-bond donors (Lipinski definition) is 2. The molecule has 0 fully saturated rings. The Bertz CT molecular complexity index is 345. The molecule has 0 aliphatic rings. The van der Waals surface area contributed by atoms with E-state index >= 15 is 0 Å².